The highest BCUT2D eigenvalue weighted by Crippen LogP contribution is 1.71. The van der Waals surface area contributed by atoms with Crippen molar-refractivity contribution in [1.82, 2.24) is 0 Å². The monoisotopic (exact) mass is 304 g/mol. The molecule has 0 atom stereocenters. The van der Waals surface area contributed by atoms with Crippen molar-refractivity contribution in [2.75, 3.05) is 0 Å². The largest absolute Gasteiger partial charge is 0.478 e. The average molecular weight is 305 g/mol. The van der Waals surface area contributed by atoms with Gasteiger partial charge in [0.1, 0.15) is 0 Å². The van der Waals surface area contributed by atoms with Crippen molar-refractivity contribution in [2.24, 2.45) is 0 Å². The van der Waals surface area contributed by atoms with Crippen LogP contribution >= 0.6 is 24.8 Å². The summed E-state index contributed by atoms with van der Waals surface area (Å²) in [6, 6.07) is 0. The highest BCUT2D eigenvalue weighted by molar-refractivity contribution is 5.90. The molecule has 0 aliphatic rings. The Labute approximate surface area is 113 Å². The second kappa shape index (κ2) is 14.9. The lowest BCUT2D eigenvalue weighted by atomic mass is 10.5. The van der Waals surface area contributed by atoms with E-state index < -0.39 is 23.9 Å². The summed E-state index contributed by atoms with van der Waals surface area (Å²) in [7, 11) is 0. The first-order valence-electron chi connectivity index (χ1n) is 3.53. The van der Waals surface area contributed by atoms with Crippen molar-refractivity contribution >= 4 is 48.7 Å². The second-order valence-electron chi connectivity index (χ2n) is 2.02. The Hall–Kier alpha value is -2.06. The zero-order valence-electron chi connectivity index (χ0n) is 8.55. The van der Waals surface area contributed by atoms with Gasteiger partial charge >= 0.3 is 23.9 Å². The van der Waals surface area contributed by atoms with Crippen molar-refractivity contribution in [1.29, 1.82) is 0 Å². The molecule has 10 heteroatoms. The minimum absolute atomic E-state index is 0. The second-order valence-corrected chi connectivity index (χ2v) is 2.02. The SMILES string of the molecule is Cl.Cl.O=C(O)/C=C\C(=O)O.O=C(O)/C=C\C(=O)O. The van der Waals surface area contributed by atoms with Gasteiger partial charge in [-0.1, -0.05) is 0 Å². The van der Waals surface area contributed by atoms with Crippen LogP contribution in [0.15, 0.2) is 24.3 Å². The molecule has 8 nitrogen and oxygen atoms in total. The maximum absolute atomic E-state index is 9.55. The Morgan fingerprint density at radius 1 is 0.500 bits per heavy atom. The highest BCUT2D eigenvalue weighted by atomic mass is 35.5. The van der Waals surface area contributed by atoms with Gasteiger partial charge in [0, 0.05) is 24.3 Å². The van der Waals surface area contributed by atoms with Crippen LogP contribution in [-0.4, -0.2) is 44.3 Å². The van der Waals surface area contributed by atoms with Gasteiger partial charge in [0.2, 0.25) is 0 Å². The van der Waals surface area contributed by atoms with Gasteiger partial charge in [-0.05, 0) is 0 Å². The summed E-state index contributed by atoms with van der Waals surface area (Å²) < 4.78 is 0. The topological polar surface area (TPSA) is 149 Å². The summed E-state index contributed by atoms with van der Waals surface area (Å²) in [5.74, 6) is -5.03. The van der Waals surface area contributed by atoms with Gasteiger partial charge in [-0.3, -0.25) is 0 Å². The Bertz CT molecular complexity index is 281. The Balaban J connectivity index is -0.0000000980. The maximum atomic E-state index is 9.55. The fourth-order valence-electron chi connectivity index (χ4n) is 0.285. The molecule has 104 valence electrons. The average Bonchev–Trinajstić information content (AvgIpc) is 2.12. The fraction of sp³-hybridized carbons (Fsp3) is 0. The van der Waals surface area contributed by atoms with E-state index in [9.17, 15) is 19.2 Å². The Morgan fingerprint density at radius 3 is 0.667 bits per heavy atom. The standard InChI is InChI=1S/2C4H4O4.2ClH/c2*5-3(6)1-2-4(7)8;;/h2*1-2H,(H,5,6)(H,7,8);2*1H/b2*2-1-;;. The molecule has 0 unspecified atom stereocenters. The van der Waals surface area contributed by atoms with Crippen LogP contribution in [0, 0.1) is 0 Å². The summed E-state index contributed by atoms with van der Waals surface area (Å²) in [4.78, 5) is 38.2. The van der Waals surface area contributed by atoms with Gasteiger partial charge < -0.3 is 20.4 Å². The first-order chi connectivity index (χ1) is 7.25. The molecule has 0 aromatic heterocycles. The molecular weight excluding hydrogens is 295 g/mol. The summed E-state index contributed by atoms with van der Waals surface area (Å²) in [5.41, 5.74) is 0. The fourth-order valence-corrected chi connectivity index (χ4v) is 0.285. The van der Waals surface area contributed by atoms with E-state index >= 15 is 0 Å². The van der Waals surface area contributed by atoms with Gasteiger partial charge in [0.05, 0.1) is 0 Å². The molecule has 0 saturated carbocycles. The van der Waals surface area contributed by atoms with E-state index in [1.165, 1.54) is 0 Å². The number of rotatable bonds is 4. The van der Waals surface area contributed by atoms with Crippen molar-refractivity contribution in [3.63, 3.8) is 0 Å². The molecule has 0 aliphatic carbocycles. The molecule has 4 N–H and O–H groups in total. The van der Waals surface area contributed by atoms with Gasteiger partial charge in [-0.2, -0.15) is 0 Å². The van der Waals surface area contributed by atoms with Crippen LogP contribution in [-0.2, 0) is 19.2 Å². The van der Waals surface area contributed by atoms with Gasteiger partial charge in [0.15, 0.2) is 0 Å². The molecule has 0 amide bonds. The molecule has 0 rings (SSSR count). The molecule has 18 heavy (non-hydrogen) atoms. The maximum Gasteiger partial charge on any atom is 0.328 e. The van der Waals surface area contributed by atoms with Crippen LogP contribution in [0.1, 0.15) is 0 Å². The molecule has 0 aromatic rings. The zero-order valence-corrected chi connectivity index (χ0v) is 10.2. The van der Waals surface area contributed by atoms with Crippen LogP contribution in [0.3, 0.4) is 0 Å². The van der Waals surface area contributed by atoms with Crippen LogP contribution in [0.25, 0.3) is 0 Å². The molecule has 0 radical (unpaired) electrons. The van der Waals surface area contributed by atoms with Crippen molar-refractivity contribution in [3.8, 4) is 0 Å². The molecular formula is C8H10Cl2O8. The van der Waals surface area contributed by atoms with E-state index in [2.05, 4.69) is 0 Å². The number of hydrogen-bond acceptors (Lipinski definition) is 4. The van der Waals surface area contributed by atoms with E-state index in [-0.39, 0.29) is 24.8 Å². The predicted octanol–water partition coefficient (Wildman–Crippen LogP) is 0.267. The number of aliphatic carboxylic acids is 4. The first-order valence-corrected chi connectivity index (χ1v) is 3.53. The molecule has 0 bridgehead atoms. The third-order valence-electron chi connectivity index (χ3n) is 0.737. The number of hydrogen-bond donors (Lipinski definition) is 4. The molecule has 0 saturated heterocycles. The quantitative estimate of drug-likeness (QED) is 0.540. The van der Waals surface area contributed by atoms with E-state index in [4.69, 9.17) is 20.4 Å². The van der Waals surface area contributed by atoms with Gasteiger partial charge in [-0.25, -0.2) is 19.2 Å². The third kappa shape index (κ3) is 37.0. The third-order valence-corrected chi connectivity index (χ3v) is 0.737. The van der Waals surface area contributed by atoms with Crippen LogP contribution in [0.4, 0.5) is 0 Å². The van der Waals surface area contributed by atoms with E-state index in [0.717, 1.165) is 0 Å². The van der Waals surface area contributed by atoms with Crippen LogP contribution in [0.5, 0.6) is 0 Å². The number of carboxylic acid groups (broad SMARTS) is 4. The van der Waals surface area contributed by atoms with Gasteiger partial charge in [0.25, 0.3) is 0 Å². The lowest BCUT2D eigenvalue weighted by Crippen LogP contribution is -1.91. The minimum Gasteiger partial charge on any atom is -0.478 e. The zero-order chi connectivity index (χ0) is 13.1. The molecule has 0 aromatic carbocycles. The van der Waals surface area contributed by atoms with Crippen LogP contribution in [0.2, 0.25) is 0 Å². The summed E-state index contributed by atoms with van der Waals surface area (Å²) in [6.45, 7) is 0. The van der Waals surface area contributed by atoms with Crippen molar-refractivity contribution in [3.05, 3.63) is 24.3 Å². The molecule has 0 spiro atoms. The highest BCUT2D eigenvalue weighted by Gasteiger charge is 1.88. The summed E-state index contributed by atoms with van der Waals surface area (Å²) in [6.07, 6.45) is 2.23. The molecule has 0 heterocycles. The first kappa shape index (κ1) is 25.0. The van der Waals surface area contributed by atoms with E-state index in [1.54, 1.807) is 0 Å². The van der Waals surface area contributed by atoms with Crippen molar-refractivity contribution in [2.45, 2.75) is 0 Å². The number of carboxylic acids is 4. The predicted molar refractivity (Wildman–Crippen MR) is 63.3 cm³/mol. The number of carbonyl (C=O) groups is 4. The summed E-state index contributed by atoms with van der Waals surface area (Å²) >= 11 is 0. The summed E-state index contributed by atoms with van der Waals surface area (Å²) in [5, 5.41) is 31.2. The molecule has 0 aliphatic heterocycles. The Kier molecular flexibility index (Phi) is 20.7. The number of halogens is 2. The normalized spacial score (nSPS) is 8.44. The van der Waals surface area contributed by atoms with E-state index in [0.29, 0.717) is 24.3 Å². The van der Waals surface area contributed by atoms with Crippen LogP contribution < -0.4 is 0 Å². The smallest absolute Gasteiger partial charge is 0.328 e. The van der Waals surface area contributed by atoms with E-state index in [1.807, 2.05) is 0 Å². The van der Waals surface area contributed by atoms with Crippen molar-refractivity contribution < 1.29 is 39.6 Å². The lowest BCUT2D eigenvalue weighted by Gasteiger charge is -1.74. The lowest BCUT2D eigenvalue weighted by molar-refractivity contribution is -0.134. The Morgan fingerprint density at radius 2 is 0.611 bits per heavy atom. The minimum atomic E-state index is -1.26. The van der Waals surface area contributed by atoms with Gasteiger partial charge in [-0.15, -0.1) is 24.8 Å². The molecule has 0 fully saturated rings.